The molecule has 0 aromatic carbocycles. The average molecular weight is 281 g/mol. The first kappa shape index (κ1) is 16.1. The molecule has 1 heterocycles. The van der Waals surface area contributed by atoms with Crippen molar-refractivity contribution in [2.45, 2.75) is 52.0 Å². The Bertz CT molecular complexity index is 439. The summed E-state index contributed by atoms with van der Waals surface area (Å²) in [4.78, 5) is 18.5. The molecular weight excluding hydrogens is 258 g/mol. The number of hydrogen-bond donors (Lipinski definition) is 2. The van der Waals surface area contributed by atoms with Crippen molar-refractivity contribution in [3.05, 3.63) is 16.4 Å². The van der Waals surface area contributed by atoms with Crippen LogP contribution in [0.25, 0.3) is 0 Å². The first-order valence-electron chi connectivity index (χ1n) is 7.03. The fourth-order valence-electron chi connectivity index (χ4n) is 2.02. The standard InChI is InChI=1S/C13H23N5O2/c1-4-5-6-7-8-10(2)17-13-11(18(19)20)12(14-3)15-9-16-13/h9-10H,4-8H2,1-3H3,(H2,14,15,16,17). The molecule has 0 aliphatic carbocycles. The third kappa shape index (κ3) is 4.64. The third-order valence-corrected chi connectivity index (χ3v) is 3.12. The summed E-state index contributed by atoms with van der Waals surface area (Å²) in [5, 5.41) is 17.0. The number of rotatable bonds is 9. The van der Waals surface area contributed by atoms with Gasteiger partial charge in [-0.05, 0) is 13.3 Å². The molecule has 0 saturated heterocycles. The first-order chi connectivity index (χ1) is 9.60. The Morgan fingerprint density at radius 1 is 1.30 bits per heavy atom. The second-order valence-corrected chi connectivity index (χ2v) is 4.82. The van der Waals surface area contributed by atoms with E-state index in [-0.39, 0.29) is 23.4 Å². The number of anilines is 2. The van der Waals surface area contributed by atoms with Gasteiger partial charge in [-0.15, -0.1) is 0 Å². The van der Waals surface area contributed by atoms with Crippen molar-refractivity contribution < 1.29 is 4.92 Å². The van der Waals surface area contributed by atoms with Crippen molar-refractivity contribution in [2.24, 2.45) is 0 Å². The predicted octanol–water partition coefficient (Wildman–Crippen LogP) is 3.20. The van der Waals surface area contributed by atoms with Crippen molar-refractivity contribution in [3.63, 3.8) is 0 Å². The predicted molar refractivity (Wildman–Crippen MR) is 80.1 cm³/mol. The molecule has 0 radical (unpaired) electrons. The Labute approximate surface area is 119 Å². The first-order valence-corrected chi connectivity index (χ1v) is 7.03. The van der Waals surface area contributed by atoms with Gasteiger partial charge in [0.05, 0.1) is 4.92 Å². The lowest BCUT2D eigenvalue weighted by Crippen LogP contribution is -2.17. The van der Waals surface area contributed by atoms with Gasteiger partial charge in [0.25, 0.3) is 0 Å². The molecule has 7 heteroatoms. The van der Waals surface area contributed by atoms with E-state index >= 15 is 0 Å². The summed E-state index contributed by atoms with van der Waals surface area (Å²) in [6, 6.07) is 0.144. The van der Waals surface area contributed by atoms with Crippen LogP contribution < -0.4 is 10.6 Å². The Balaban J connectivity index is 2.69. The molecule has 0 aliphatic rings. The van der Waals surface area contributed by atoms with Crippen molar-refractivity contribution >= 4 is 17.3 Å². The van der Waals surface area contributed by atoms with Gasteiger partial charge in [0.2, 0.25) is 11.6 Å². The van der Waals surface area contributed by atoms with Crippen LogP contribution in [-0.4, -0.2) is 28.0 Å². The zero-order valence-electron chi connectivity index (χ0n) is 12.3. The summed E-state index contributed by atoms with van der Waals surface area (Å²) in [6.07, 6.45) is 7.02. The molecule has 112 valence electrons. The van der Waals surface area contributed by atoms with Crippen LogP contribution in [0.2, 0.25) is 0 Å². The van der Waals surface area contributed by atoms with Gasteiger partial charge >= 0.3 is 5.69 Å². The van der Waals surface area contributed by atoms with E-state index in [4.69, 9.17) is 0 Å². The number of hydrogen-bond acceptors (Lipinski definition) is 6. The maximum absolute atomic E-state index is 11.1. The molecule has 0 spiro atoms. The van der Waals surface area contributed by atoms with Gasteiger partial charge < -0.3 is 10.6 Å². The zero-order valence-corrected chi connectivity index (χ0v) is 12.3. The highest BCUT2D eigenvalue weighted by molar-refractivity contribution is 5.69. The lowest BCUT2D eigenvalue weighted by Gasteiger charge is -2.14. The van der Waals surface area contributed by atoms with Crippen LogP contribution in [-0.2, 0) is 0 Å². The summed E-state index contributed by atoms with van der Waals surface area (Å²) in [5.41, 5.74) is -0.101. The lowest BCUT2D eigenvalue weighted by molar-refractivity contribution is -0.383. The smallest absolute Gasteiger partial charge is 0.353 e. The highest BCUT2D eigenvalue weighted by atomic mass is 16.6. The van der Waals surface area contributed by atoms with E-state index in [0.29, 0.717) is 0 Å². The van der Waals surface area contributed by atoms with Gasteiger partial charge in [-0.1, -0.05) is 32.6 Å². The fraction of sp³-hybridized carbons (Fsp3) is 0.692. The van der Waals surface area contributed by atoms with Crippen LogP contribution in [0.15, 0.2) is 6.33 Å². The van der Waals surface area contributed by atoms with Crippen molar-refractivity contribution in [1.82, 2.24) is 9.97 Å². The molecule has 0 saturated carbocycles. The molecule has 0 bridgehead atoms. The largest absolute Gasteiger partial charge is 0.367 e. The average Bonchev–Trinajstić information content (AvgIpc) is 2.43. The molecule has 7 nitrogen and oxygen atoms in total. The van der Waals surface area contributed by atoms with Crippen molar-refractivity contribution in [3.8, 4) is 0 Å². The summed E-state index contributed by atoms with van der Waals surface area (Å²) in [5.74, 6) is 0.503. The number of nitrogens with zero attached hydrogens (tertiary/aromatic N) is 3. The van der Waals surface area contributed by atoms with Gasteiger partial charge in [-0.3, -0.25) is 10.1 Å². The third-order valence-electron chi connectivity index (χ3n) is 3.12. The van der Waals surface area contributed by atoms with Crippen LogP contribution in [0.5, 0.6) is 0 Å². The van der Waals surface area contributed by atoms with Gasteiger partial charge in [0, 0.05) is 13.1 Å². The van der Waals surface area contributed by atoms with Crippen molar-refractivity contribution in [2.75, 3.05) is 17.7 Å². The minimum atomic E-state index is -0.460. The summed E-state index contributed by atoms with van der Waals surface area (Å²) in [6.45, 7) is 4.18. The number of nitro groups is 1. The van der Waals surface area contributed by atoms with Gasteiger partial charge in [-0.2, -0.15) is 0 Å². The van der Waals surface area contributed by atoms with E-state index in [1.807, 2.05) is 6.92 Å². The van der Waals surface area contributed by atoms with Crippen LogP contribution in [0, 0.1) is 10.1 Å². The van der Waals surface area contributed by atoms with E-state index in [0.717, 1.165) is 12.8 Å². The number of aromatic nitrogens is 2. The molecule has 1 rings (SSSR count). The number of nitrogens with one attached hydrogen (secondary N) is 2. The molecule has 0 aliphatic heterocycles. The molecule has 2 N–H and O–H groups in total. The van der Waals surface area contributed by atoms with Crippen LogP contribution >= 0.6 is 0 Å². The summed E-state index contributed by atoms with van der Waals surface area (Å²) in [7, 11) is 1.60. The second kappa shape index (κ2) is 8.29. The van der Waals surface area contributed by atoms with E-state index in [9.17, 15) is 10.1 Å². The summed E-state index contributed by atoms with van der Waals surface area (Å²) < 4.78 is 0. The Kier molecular flexibility index (Phi) is 6.69. The maximum atomic E-state index is 11.1. The van der Waals surface area contributed by atoms with E-state index in [1.165, 1.54) is 25.6 Å². The second-order valence-electron chi connectivity index (χ2n) is 4.82. The Morgan fingerprint density at radius 3 is 2.60 bits per heavy atom. The van der Waals surface area contributed by atoms with Crippen LogP contribution in [0.1, 0.15) is 46.0 Å². The highest BCUT2D eigenvalue weighted by Gasteiger charge is 2.22. The van der Waals surface area contributed by atoms with E-state index < -0.39 is 4.92 Å². The van der Waals surface area contributed by atoms with Gasteiger partial charge in [0.1, 0.15) is 6.33 Å². The van der Waals surface area contributed by atoms with Crippen LogP contribution in [0.3, 0.4) is 0 Å². The molecule has 1 aromatic heterocycles. The summed E-state index contributed by atoms with van der Waals surface area (Å²) >= 11 is 0. The van der Waals surface area contributed by atoms with Crippen molar-refractivity contribution in [1.29, 1.82) is 0 Å². The molecule has 20 heavy (non-hydrogen) atoms. The molecular formula is C13H23N5O2. The lowest BCUT2D eigenvalue weighted by atomic mass is 10.1. The highest BCUT2D eigenvalue weighted by Crippen LogP contribution is 2.29. The maximum Gasteiger partial charge on any atom is 0.353 e. The molecule has 0 amide bonds. The molecule has 1 unspecified atom stereocenters. The van der Waals surface area contributed by atoms with E-state index in [2.05, 4.69) is 27.5 Å². The van der Waals surface area contributed by atoms with Crippen LogP contribution in [0.4, 0.5) is 17.3 Å². The minimum absolute atomic E-state index is 0.101. The van der Waals surface area contributed by atoms with Gasteiger partial charge in [-0.25, -0.2) is 9.97 Å². The van der Waals surface area contributed by atoms with Gasteiger partial charge in [0.15, 0.2) is 0 Å². The zero-order chi connectivity index (χ0) is 15.0. The quantitative estimate of drug-likeness (QED) is 0.410. The monoisotopic (exact) mass is 281 g/mol. The molecule has 1 aromatic rings. The Morgan fingerprint density at radius 2 is 2.00 bits per heavy atom. The Hall–Kier alpha value is -1.92. The SMILES string of the molecule is CCCCCCC(C)Nc1ncnc(NC)c1[N+](=O)[O-]. The normalized spacial score (nSPS) is 11.9. The minimum Gasteiger partial charge on any atom is -0.367 e. The van der Waals surface area contributed by atoms with E-state index in [1.54, 1.807) is 7.05 Å². The topological polar surface area (TPSA) is 93.0 Å². The molecule has 1 atom stereocenters. The number of unbranched alkanes of at least 4 members (excludes halogenated alkanes) is 3. The fourth-order valence-corrected chi connectivity index (χ4v) is 2.02. The molecule has 0 fully saturated rings.